The van der Waals surface area contributed by atoms with Crippen molar-refractivity contribution in [1.82, 2.24) is 10.2 Å². The summed E-state index contributed by atoms with van der Waals surface area (Å²) < 4.78 is 14.0. The molecule has 1 heterocycles. The normalized spacial score (nSPS) is 16.4. The van der Waals surface area contributed by atoms with E-state index in [0.717, 1.165) is 31.7 Å². The van der Waals surface area contributed by atoms with Crippen molar-refractivity contribution in [3.8, 4) is 6.07 Å². The number of rotatable bonds is 3. The summed E-state index contributed by atoms with van der Waals surface area (Å²) >= 11 is 3.15. The number of hydrogen-bond acceptors (Lipinski definition) is 3. The third-order valence-corrected chi connectivity index (χ3v) is 3.85. The van der Waals surface area contributed by atoms with Crippen LogP contribution in [-0.2, 0) is 0 Å². The van der Waals surface area contributed by atoms with Crippen LogP contribution in [0.1, 0.15) is 18.0 Å². The molecule has 0 saturated carbocycles. The van der Waals surface area contributed by atoms with E-state index in [2.05, 4.69) is 32.2 Å². The summed E-state index contributed by atoms with van der Waals surface area (Å²) in [4.78, 5) is 2.24. The first-order valence-electron chi connectivity index (χ1n) is 5.99. The van der Waals surface area contributed by atoms with Crippen molar-refractivity contribution < 1.29 is 4.39 Å². The van der Waals surface area contributed by atoms with Crippen molar-refractivity contribution in [2.75, 3.05) is 26.2 Å². The van der Waals surface area contributed by atoms with Gasteiger partial charge in [0.2, 0.25) is 0 Å². The van der Waals surface area contributed by atoms with Crippen LogP contribution < -0.4 is 5.32 Å². The van der Waals surface area contributed by atoms with Crippen LogP contribution in [0.3, 0.4) is 0 Å². The van der Waals surface area contributed by atoms with Gasteiger partial charge in [0.15, 0.2) is 0 Å². The summed E-state index contributed by atoms with van der Waals surface area (Å²) in [5.74, 6) is -0.273. The highest BCUT2D eigenvalue weighted by Crippen LogP contribution is 2.27. The summed E-state index contributed by atoms with van der Waals surface area (Å²) in [5, 5.41) is 12.2. The van der Waals surface area contributed by atoms with E-state index in [1.807, 2.05) is 6.07 Å². The molecule has 0 bridgehead atoms. The molecule has 0 radical (unpaired) electrons. The van der Waals surface area contributed by atoms with E-state index in [4.69, 9.17) is 5.26 Å². The van der Waals surface area contributed by atoms with Crippen LogP contribution in [0.2, 0.25) is 0 Å². The van der Waals surface area contributed by atoms with Crippen LogP contribution in [-0.4, -0.2) is 31.1 Å². The lowest BCUT2D eigenvalue weighted by molar-refractivity contribution is 0.175. The number of nitriles is 1. The van der Waals surface area contributed by atoms with Gasteiger partial charge in [-0.1, -0.05) is 6.07 Å². The number of hydrogen-bond donors (Lipinski definition) is 1. The van der Waals surface area contributed by atoms with Crippen molar-refractivity contribution in [2.45, 2.75) is 12.5 Å². The smallest absolute Gasteiger partial charge is 0.137 e. The molecule has 1 aliphatic rings. The van der Waals surface area contributed by atoms with Gasteiger partial charge in [0.25, 0.3) is 0 Å². The highest BCUT2D eigenvalue weighted by atomic mass is 79.9. The van der Waals surface area contributed by atoms with Crippen molar-refractivity contribution in [1.29, 1.82) is 5.26 Å². The molecule has 1 fully saturated rings. The lowest BCUT2D eigenvalue weighted by Crippen LogP contribution is -2.45. The average Bonchev–Trinajstić information content (AvgIpc) is 2.40. The molecular weight excluding hydrogens is 368 g/mol. The van der Waals surface area contributed by atoms with E-state index >= 15 is 0 Å². The number of benzene rings is 1. The highest BCUT2D eigenvalue weighted by Gasteiger charge is 2.22. The summed E-state index contributed by atoms with van der Waals surface area (Å²) in [6.45, 7) is 3.62. The fourth-order valence-electron chi connectivity index (χ4n) is 2.26. The molecule has 0 amide bonds. The SMILES string of the molecule is Cl.Cl.N#CC[C@@H](c1ccc(Br)c(F)c1)N1CCNCC1. The number of nitrogens with zero attached hydrogens (tertiary/aromatic N) is 2. The molecule has 0 aromatic heterocycles. The van der Waals surface area contributed by atoms with Crippen LogP contribution in [0.4, 0.5) is 4.39 Å². The Morgan fingerprint density at radius 3 is 2.55 bits per heavy atom. The van der Waals surface area contributed by atoms with E-state index < -0.39 is 0 Å². The molecule has 3 nitrogen and oxygen atoms in total. The van der Waals surface area contributed by atoms with Gasteiger partial charge in [-0.2, -0.15) is 5.26 Å². The molecule has 1 N–H and O–H groups in total. The zero-order valence-electron chi connectivity index (χ0n) is 10.8. The minimum Gasteiger partial charge on any atom is -0.314 e. The molecule has 0 unspecified atom stereocenters. The summed E-state index contributed by atoms with van der Waals surface area (Å²) in [6.07, 6.45) is 0.390. The Hall–Kier alpha value is -0.380. The molecule has 1 aromatic rings. The second-order valence-corrected chi connectivity index (χ2v) is 5.19. The number of nitrogens with one attached hydrogen (secondary N) is 1. The van der Waals surface area contributed by atoms with Crippen LogP contribution in [0.5, 0.6) is 0 Å². The van der Waals surface area contributed by atoms with Gasteiger partial charge in [-0.25, -0.2) is 4.39 Å². The number of piperazine rings is 1. The second kappa shape index (κ2) is 9.54. The van der Waals surface area contributed by atoms with E-state index in [-0.39, 0.29) is 36.7 Å². The van der Waals surface area contributed by atoms with Crippen LogP contribution in [0.25, 0.3) is 0 Å². The quantitative estimate of drug-likeness (QED) is 0.868. The maximum atomic E-state index is 13.6. The molecule has 20 heavy (non-hydrogen) atoms. The van der Waals surface area contributed by atoms with Gasteiger partial charge in [0, 0.05) is 32.2 Å². The molecule has 0 aliphatic carbocycles. The maximum absolute atomic E-state index is 13.6. The van der Waals surface area contributed by atoms with Gasteiger partial charge in [0.1, 0.15) is 5.82 Å². The van der Waals surface area contributed by atoms with Crippen molar-refractivity contribution in [3.63, 3.8) is 0 Å². The Bertz CT molecular complexity index is 461. The predicted molar refractivity (Wildman–Crippen MR) is 86.0 cm³/mol. The molecule has 1 atom stereocenters. The standard InChI is InChI=1S/C13H15BrFN3.2ClH/c14-11-2-1-10(9-12(11)15)13(3-4-16)18-7-5-17-6-8-18;;/h1-2,9,13,17H,3,5-8H2;2*1H/t13-;;/m0../s1. The van der Waals surface area contributed by atoms with E-state index in [9.17, 15) is 4.39 Å². The zero-order valence-corrected chi connectivity index (χ0v) is 14.0. The Morgan fingerprint density at radius 1 is 1.35 bits per heavy atom. The van der Waals surface area contributed by atoms with E-state index in [0.29, 0.717) is 10.9 Å². The largest absolute Gasteiger partial charge is 0.314 e. The highest BCUT2D eigenvalue weighted by molar-refractivity contribution is 9.10. The second-order valence-electron chi connectivity index (χ2n) is 4.34. The first-order chi connectivity index (χ1) is 8.72. The molecule has 112 valence electrons. The van der Waals surface area contributed by atoms with E-state index in [1.165, 1.54) is 6.07 Å². The van der Waals surface area contributed by atoms with Gasteiger partial charge in [-0.3, -0.25) is 4.90 Å². The molecule has 7 heteroatoms. The fourth-order valence-corrected chi connectivity index (χ4v) is 2.50. The molecule has 1 aliphatic heterocycles. The van der Waals surface area contributed by atoms with Gasteiger partial charge in [-0.05, 0) is 33.6 Å². The molecule has 1 aromatic carbocycles. The lowest BCUT2D eigenvalue weighted by atomic mass is 10.0. The first kappa shape index (κ1) is 19.6. The van der Waals surface area contributed by atoms with E-state index in [1.54, 1.807) is 6.07 Å². The van der Waals surface area contributed by atoms with Gasteiger partial charge >= 0.3 is 0 Å². The minimum absolute atomic E-state index is 0. The van der Waals surface area contributed by atoms with Gasteiger partial charge in [-0.15, -0.1) is 24.8 Å². The van der Waals surface area contributed by atoms with Gasteiger partial charge in [0.05, 0.1) is 17.0 Å². The van der Waals surface area contributed by atoms with Crippen LogP contribution >= 0.6 is 40.7 Å². The van der Waals surface area contributed by atoms with Gasteiger partial charge < -0.3 is 5.32 Å². The number of halogens is 4. The molecule has 0 spiro atoms. The summed E-state index contributed by atoms with van der Waals surface area (Å²) in [5.41, 5.74) is 0.874. The van der Waals surface area contributed by atoms with Crippen molar-refractivity contribution in [3.05, 3.63) is 34.1 Å². The third kappa shape index (κ3) is 4.87. The Labute approximate surface area is 139 Å². The molecule has 2 rings (SSSR count). The fraction of sp³-hybridized carbons (Fsp3) is 0.462. The molecule has 1 saturated heterocycles. The molecular formula is C13H17BrCl2FN3. The Morgan fingerprint density at radius 2 is 2.00 bits per heavy atom. The summed E-state index contributed by atoms with van der Waals surface area (Å²) in [6, 6.07) is 7.30. The topological polar surface area (TPSA) is 39.1 Å². The van der Waals surface area contributed by atoms with Crippen molar-refractivity contribution in [2.24, 2.45) is 0 Å². The average molecular weight is 385 g/mol. The zero-order chi connectivity index (χ0) is 13.0. The predicted octanol–water partition coefficient (Wildman–Crippen LogP) is 3.29. The Balaban J connectivity index is 0.00000180. The minimum atomic E-state index is -0.273. The Kier molecular flexibility index (Phi) is 9.36. The lowest BCUT2D eigenvalue weighted by Gasteiger charge is -2.34. The van der Waals surface area contributed by atoms with Crippen LogP contribution in [0.15, 0.2) is 22.7 Å². The first-order valence-corrected chi connectivity index (χ1v) is 6.78. The monoisotopic (exact) mass is 383 g/mol. The third-order valence-electron chi connectivity index (χ3n) is 3.21. The van der Waals surface area contributed by atoms with Crippen LogP contribution in [0, 0.1) is 17.1 Å². The maximum Gasteiger partial charge on any atom is 0.137 e. The van der Waals surface area contributed by atoms with Crippen molar-refractivity contribution >= 4 is 40.7 Å². The summed E-state index contributed by atoms with van der Waals surface area (Å²) in [7, 11) is 0.